The summed E-state index contributed by atoms with van der Waals surface area (Å²) >= 11 is 8.92. The Kier molecular flexibility index (Phi) is 4.35. The summed E-state index contributed by atoms with van der Waals surface area (Å²) in [5.74, 6) is 0. The molecule has 0 aliphatic carbocycles. The number of halogens is 2. The van der Waals surface area contributed by atoms with E-state index < -0.39 is 10.0 Å². The molecule has 0 radical (unpaired) electrons. The first-order valence-corrected chi connectivity index (χ1v) is 8.66. The van der Waals surface area contributed by atoms with Gasteiger partial charge in [-0.15, -0.1) is 11.3 Å². The minimum Gasteiger partial charge on any atom is -0.277 e. The quantitative estimate of drug-likeness (QED) is 0.764. The van der Waals surface area contributed by atoms with Crippen LogP contribution in [0.2, 0.25) is 5.02 Å². The second kappa shape index (κ2) is 5.66. The maximum atomic E-state index is 12.1. The zero-order valence-electron chi connectivity index (χ0n) is 9.22. The van der Waals surface area contributed by atoms with Gasteiger partial charge in [0, 0.05) is 3.57 Å². The topological polar surface area (TPSA) is 70.0 Å². The van der Waals surface area contributed by atoms with Crippen LogP contribution >= 0.6 is 45.5 Å². The van der Waals surface area contributed by atoms with E-state index in [1.807, 2.05) is 6.07 Å². The summed E-state index contributed by atoms with van der Waals surface area (Å²) in [4.78, 5) is 0.342. The molecule has 0 fully saturated rings. The predicted octanol–water partition coefficient (Wildman–Crippen LogP) is 3.68. The Hall–Kier alpha value is -0.820. The van der Waals surface area contributed by atoms with Crippen LogP contribution in [0.15, 0.2) is 34.5 Å². The molecule has 98 valence electrons. The number of nitrogens with zero attached hydrogens (tertiary/aromatic N) is 1. The van der Waals surface area contributed by atoms with Gasteiger partial charge in [-0.05, 0) is 52.9 Å². The molecule has 0 saturated heterocycles. The van der Waals surface area contributed by atoms with Gasteiger partial charge in [-0.25, -0.2) is 8.42 Å². The average molecular weight is 425 g/mol. The minimum absolute atomic E-state index is 0.0824. The van der Waals surface area contributed by atoms with Gasteiger partial charge in [0.15, 0.2) is 0 Å². The fourth-order valence-electron chi connectivity index (χ4n) is 1.30. The zero-order valence-corrected chi connectivity index (χ0v) is 13.8. The molecular formula is C11H6ClIN2O2S2. The van der Waals surface area contributed by atoms with Gasteiger partial charge >= 0.3 is 0 Å². The molecule has 0 amide bonds. The van der Waals surface area contributed by atoms with Crippen LogP contribution in [0.25, 0.3) is 0 Å². The van der Waals surface area contributed by atoms with E-state index >= 15 is 0 Å². The summed E-state index contributed by atoms with van der Waals surface area (Å²) in [6.07, 6.45) is 0. The highest BCUT2D eigenvalue weighted by Crippen LogP contribution is 2.28. The molecule has 0 atom stereocenters. The van der Waals surface area contributed by atoms with Crippen LogP contribution in [-0.2, 0) is 10.0 Å². The standard InChI is InChI=1S/C11H6ClIN2O2S2/c12-9-3-1-7(13)5-10(9)15-19(16,17)11-4-2-8(6-14)18-11/h1-5,15H. The van der Waals surface area contributed by atoms with E-state index in [1.165, 1.54) is 12.1 Å². The molecule has 0 aliphatic rings. The third-order valence-electron chi connectivity index (χ3n) is 2.13. The number of anilines is 1. The third kappa shape index (κ3) is 3.39. The van der Waals surface area contributed by atoms with Crippen molar-refractivity contribution in [1.82, 2.24) is 0 Å². The summed E-state index contributed by atoms with van der Waals surface area (Å²) in [5, 5.41) is 9.03. The number of rotatable bonds is 3. The van der Waals surface area contributed by atoms with Crippen molar-refractivity contribution in [3.05, 3.63) is 43.8 Å². The summed E-state index contributed by atoms with van der Waals surface area (Å²) in [5.41, 5.74) is 0.320. The maximum Gasteiger partial charge on any atom is 0.271 e. The number of nitriles is 1. The van der Waals surface area contributed by atoms with E-state index in [9.17, 15) is 8.42 Å². The number of nitrogens with one attached hydrogen (secondary N) is 1. The molecule has 0 bridgehead atoms. The lowest BCUT2D eigenvalue weighted by Crippen LogP contribution is -2.11. The second-order valence-corrected chi connectivity index (χ2v) is 8.11. The van der Waals surface area contributed by atoms with Gasteiger partial charge in [0.25, 0.3) is 10.0 Å². The van der Waals surface area contributed by atoms with Crippen molar-refractivity contribution in [2.75, 3.05) is 4.72 Å². The molecule has 19 heavy (non-hydrogen) atoms. The molecule has 4 nitrogen and oxygen atoms in total. The lowest BCUT2D eigenvalue weighted by atomic mass is 10.3. The van der Waals surface area contributed by atoms with E-state index in [0.29, 0.717) is 15.6 Å². The Morgan fingerprint density at radius 3 is 2.68 bits per heavy atom. The van der Waals surface area contributed by atoms with E-state index in [4.69, 9.17) is 16.9 Å². The molecule has 0 saturated carbocycles. The molecule has 0 aliphatic heterocycles. The first-order valence-electron chi connectivity index (χ1n) is 4.90. The van der Waals surface area contributed by atoms with Gasteiger partial charge in [-0.3, -0.25) is 4.72 Å². The van der Waals surface area contributed by atoms with E-state index in [-0.39, 0.29) is 4.21 Å². The van der Waals surface area contributed by atoms with Crippen molar-refractivity contribution in [3.63, 3.8) is 0 Å². The fraction of sp³-hybridized carbons (Fsp3) is 0. The summed E-state index contributed by atoms with van der Waals surface area (Å²) in [6, 6.07) is 9.80. The largest absolute Gasteiger partial charge is 0.277 e. The van der Waals surface area contributed by atoms with Crippen molar-refractivity contribution in [2.45, 2.75) is 4.21 Å². The summed E-state index contributed by atoms with van der Waals surface area (Å²) in [6.45, 7) is 0. The fourth-order valence-corrected chi connectivity index (χ4v) is 4.18. The van der Waals surface area contributed by atoms with Gasteiger partial charge < -0.3 is 0 Å². The van der Waals surface area contributed by atoms with E-state index in [0.717, 1.165) is 14.9 Å². The smallest absolute Gasteiger partial charge is 0.271 e. The van der Waals surface area contributed by atoms with Crippen LogP contribution in [0.3, 0.4) is 0 Å². The molecule has 1 aromatic carbocycles. The van der Waals surface area contributed by atoms with Crippen LogP contribution in [0, 0.1) is 14.9 Å². The summed E-state index contributed by atoms with van der Waals surface area (Å²) < 4.78 is 27.6. The van der Waals surface area contributed by atoms with Crippen LogP contribution in [0.1, 0.15) is 4.88 Å². The van der Waals surface area contributed by atoms with Crippen LogP contribution in [0.5, 0.6) is 0 Å². The highest BCUT2D eigenvalue weighted by Gasteiger charge is 2.18. The predicted molar refractivity (Wildman–Crippen MR) is 84.0 cm³/mol. The Morgan fingerprint density at radius 2 is 2.05 bits per heavy atom. The number of sulfonamides is 1. The highest BCUT2D eigenvalue weighted by molar-refractivity contribution is 14.1. The molecule has 1 aromatic heterocycles. The van der Waals surface area contributed by atoms with E-state index in [2.05, 4.69) is 27.3 Å². The molecular weight excluding hydrogens is 419 g/mol. The molecule has 1 N–H and O–H groups in total. The van der Waals surface area contributed by atoms with Crippen molar-refractivity contribution in [1.29, 1.82) is 5.26 Å². The lowest BCUT2D eigenvalue weighted by Gasteiger charge is -2.08. The first-order chi connectivity index (χ1) is 8.92. The van der Waals surface area contributed by atoms with Crippen LogP contribution in [0.4, 0.5) is 5.69 Å². The molecule has 2 aromatic rings. The Balaban J connectivity index is 2.36. The van der Waals surface area contributed by atoms with Crippen molar-refractivity contribution >= 4 is 61.2 Å². The Morgan fingerprint density at radius 1 is 1.32 bits per heavy atom. The van der Waals surface area contributed by atoms with Crippen molar-refractivity contribution < 1.29 is 8.42 Å². The van der Waals surface area contributed by atoms with Gasteiger partial charge in [0.05, 0.1) is 10.7 Å². The molecule has 8 heteroatoms. The van der Waals surface area contributed by atoms with Crippen molar-refractivity contribution in [3.8, 4) is 6.07 Å². The molecule has 0 unspecified atom stereocenters. The second-order valence-electron chi connectivity index (χ2n) is 3.46. The minimum atomic E-state index is -3.71. The van der Waals surface area contributed by atoms with Gasteiger partial charge in [-0.1, -0.05) is 11.6 Å². The van der Waals surface area contributed by atoms with E-state index in [1.54, 1.807) is 18.2 Å². The maximum absolute atomic E-state index is 12.1. The first kappa shape index (κ1) is 14.6. The Bertz CT molecular complexity index is 765. The normalized spacial score (nSPS) is 11.0. The van der Waals surface area contributed by atoms with Gasteiger partial charge in [-0.2, -0.15) is 5.26 Å². The molecule has 0 spiro atoms. The third-order valence-corrected chi connectivity index (χ3v) is 5.98. The average Bonchev–Trinajstić information content (AvgIpc) is 2.83. The SMILES string of the molecule is N#Cc1ccc(S(=O)(=O)Nc2cc(I)ccc2Cl)s1. The van der Waals surface area contributed by atoms with Gasteiger partial charge in [0.2, 0.25) is 0 Å². The van der Waals surface area contributed by atoms with Crippen LogP contribution in [-0.4, -0.2) is 8.42 Å². The molecule has 1 heterocycles. The van der Waals surface area contributed by atoms with Crippen LogP contribution < -0.4 is 4.72 Å². The number of benzene rings is 1. The highest BCUT2D eigenvalue weighted by atomic mass is 127. The number of thiophene rings is 1. The molecule has 2 rings (SSSR count). The lowest BCUT2D eigenvalue weighted by molar-refractivity contribution is 0.603. The van der Waals surface area contributed by atoms with Crippen molar-refractivity contribution in [2.24, 2.45) is 0 Å². The number of hydrogen-bond donors (Lipinski definition) is 1. The Labute approximate surface area is 133 Å². The number of hydrogen-bond acceptors (Lipinski definition) is 4. The zero-order chi connectivity index (χ0) is 14.0. The monoisotopic (exact) mass is 424 g/mol. The summed E-state index contributed by atoms with van der Waals surface area (Å²) in [7, 11) is -3.71. The van der Waals surface area contributed by atoms with Gasteiger partial charge in [0.1, 0.15) is 15.2 Å².